The maximum Gasteiger partial charge on any atom is 0.252 e. The molecule has 0 spiro atoms. The molecule has 3 heterocycles. The second-order valence-electron chi connectivity index (χ2n) is 7.36. The number of para-hydroxylation sites is 1. The van der Waals surface area contributed by atoms with Gasteiger partial charge in [0.2, 0.25) is 5.91 Å². The first-order chi connectivity index (χ1) is 14.5. The second-order valence-corrected chi connectivity index (χ2v) is 8.48. The number of amides is 1. The second kappa shape index (κ2) is 8.71. The molecule has 0 bridgehead atoms. The first kappa shape index (κ1) is 20.2. The van der Waals surface area contributed by atoms with Gasteiger partial charge in [0.05, 0.1) is 20.9 Å². The van der Waals surface area contributed by atoms with Gasteiger partial charge in [-0.2, -0.15) is 9.78 Å². The van der Waals surface area contributed by atoms with Crippen LogP contribution in [0.5, 0.6) is 0 Å². The minimum absolute atomic E-state index is 0.0372. The number of anilines is 1. The smallest absolute Gasteiger partial charge is 0.252 e. The number of fused-ring (bicyclic) bond motifs is 1. The maximum absolute atomic E-state index is 12.5. The van der Waals surface area contributed by atoms with Gasteiger partial charge in [-0.3, -0.25) is 4.79 Å². The number of carbonyl (C=O) groups is 1. The van der Waals surface area contributed by atoms with Crippen LogP contribution < -0.4 is 5.32 Å². The third-order valence-corrected chi connectivity index (χ3v) is 5.74. The number of aromatic nitrogens is 5. The molecule has 0 aliphatic rings. The van der Waals surface area contributed by atoms with Gasteiger partial charge in [-0.05, 0) is 58.2 Å². The van der Waals surface area contributed by atoms with Crippen molar-refractivity contribution in [1.82, 2.24) is 24.7 Å². The van der Waals surface area contributed by atoms with Gasteiger partial charge >= 0.3 is 0 Å². The van der Waals surface area contributed by atoms with Crippen molar-refractivity contribution in [3.8, 4) is 5.95 Å². The van der Waals surface area contributed by atoms with Gasteiger partial charge in [0, 0.05) is 23.9 Å². The van der Waals surface area contributed by atoms with Gasteiger partial charge in [0.25, 0.3) is 5.95 Å². The number of nitrogens with zero attached hydrogens (tertiary/aromatic N) is 5. The summed E-state index contributed by atoms with van der Waals surface area (Å²) in [5.41, 5.74) is 3.56. The highest BCUT2D eigenvalue weighted by Crippen LogP contribution is 2.23. The number of rotatable bonds is 7. The number of benzene rings is 1. The summed E-state index contributed by atoms with van der Waals surface area (Å²) in [6, 6.07) is 11.9. The predicted octanol–water partition coefficient (Wildman–Crippen LogP) is 4.55. The zero-order valence-corrected chi connectivity index (χ0v) is 18.2. The molecule has 0 aliphatic carbocycles. The van der Waals surface area contributed by atoms with Gasteiger partial charge in [0.15, 0.2) is 0 Å². The van der Waals surface area contributed by atoms with E-state index in [4.69, 9.17) is 0 Å². The third kappa shape index (κ3) is 4.71. The van der Waals surface area contributed by atoms with Gasteiger partial charge in [0.1, 0.15) is 5.82 Å². The zero-order valence-electron chi connectivity index (χ0n) is 17.3. The highest BCUT2D eigenvalue weighted by atomic mass is 32.1. The molecule has 0 radical (unpaired) electrons. The van der Waals surface area contributed by atoms with Crippen LogP contribution in [0.4, 0.5) is 5.82 Å². The molecule has 1 amide bonds. The lowest BCUT2D eigenvalue weighted by Crippen LogP contribution is -2.16. The van der Waals surface area contributed by atoms with Crippen LogP contribution in [0.1, 0.15) is 41.4 Å². The molecule has 3 aromatic heterocycles. The SMILES string of the molecule is Cc1cc(C)nc(-n2nc(C)cc2NC(=O)CCCCc2nc3ccccc3s2)n1. The molecule has 30 heavy (non-hydrogen) atoms. The zero-order chi connectivity index (χ0) is 21.1. The summed E-state index contributed by atoms with van der Waals surface area (Å²) in [5, 5.41) is 8.52. The third-order valence-electron chi connectivity index (χ3n) is 4.64. The summed E-state index contributed by atoms with van der Waals surface area (Å²) >= 11 is 1.73. The summed E-state index contributed by atoms with van der Waals surface area (Å²) in [4.78, 5) is 26.0. The number of nitrogens with one attached hydrogen (secondary N) is 1. The van der Waals surface area contributed by atoms with Crippen molar-refractivity contribution in [2.24, 2.45) is 0 Å². The molecule has 0 atom stereocenters. The highest BCUT2D eigenvalue weighted by molar-refractivity contribution is 7.18. The number of carbonyl (C=O) groups excluding carboxylic acids is 1. The Hall–Kier alpha value is -3.13. The van der Waals surface area contributed by atoms with Crippen molar-refractivity contribution in [1.29, 1.82) is 0 Å². The molecule has 0 saturated carbocycles. The highest BCUT2D eigenvalue weighted by Gasteiger charge is 2.14. The van der Waals surface area contributed by atoms with Crippen LogP contribution in [-0.4, -0.2) is 30.6 Å². The summed E-state index contributed by atoms with van der Waals surface area (Å²) in [6.45, 7) is 5.71. The van der Waals surface area contributed by atoms with Crippen molar-refractivity contribution in [2.45, 2.75) is 46.5 Å². The van der Waals surface area contributed by atoms with Crippen molar-refractivity contribution in [3.63, 3.8) is 0 Å². The number of unbranched alkanes of at least 4 members (excludes halogenated alkanes) is 1. The Balaban J connectivity index is 1.34. The Morgan fingerprint density at radius 1 is 1.00 bits per heavy atom. The Kier molecular flexibility index (Phi) is 5.85. The normalized spacial score (nSPS) is 11.2. The molecule has 8 heteroatoms. The molecule has 1 N–H and O–H groups in total. The Morgan fingerprint density at radius 3 is 2.53 bits per heavy atom. The summed E-state index contributed by atoms with van der Waals surface area (Å²) < 4.78 is 2.80. The lowest BCUT2D eigenvalue weighted by atomic mass is 10.2. The summed E-state index contributed by atoms with van der Waals surface area (Å²) in [6.07, 6.45) is 3.06. The average Bonchev–Trinajstić information content (AvgIpc) is 3.27. The topological polar surface area (TPSA) is 85.6 Å². The number of hydrogen-bond donors (Lipinski definition) is 1. The van der Waals surface area contributed by atoms with E-state index in [0.717, 1.165) is 46.9 Å². The maximum atomic E-state index is 12.5. The fraction of sp³-hybridized carbons (Fsp3) is 0.318. The van der Waals surface area contributed by atoms with Crippen LogP contribution in [-0.2, 0) is 11.2 Å². The van der Waals surface area contributed by atoms with Crippen LogP contribution in [0.25, 0.3) is 16.2 Å². The molecule has 4 rings (SSSR count). The molecule has 0 unspecified atom stereocenters. The molecule has 0 fully saturated rings. The van der Waals surface area contributed by atoms with Crippen molar-refractivity contribution in [2.75, 3.05) is 5.32 Å². The summed E-state index contributed by atoms with van der Waals surface area (Å²) in [5.74, 6) is 1.02. The fourth-order valence-corrected chi connectivity index (χ4v) is 4.35. The molecule has 1 aromatic carbocycles. The van der Waals surface area contributed by atoms with E-state index in [1.165, 1.54) is 4.70 Å². The van der Waals surface area contributed by atoms with Crippen LogP contribution >= 0.6 is 11.3 Å². The van der Waals surface area contributed by atoms with E-state index in [9.17, 15) is 4.79 Å². The van der Waals surface area contributed by atoms with Crippen molar-refractivity contribution < 1.29 is 4.79 Å². The predicted molar refractivity (Wildman–Crippen MR) is 119 cm³/mol. The minimum atomic E-state index is -0.0372. The fourth-order valence-electron chi connectivity index (χ4n) is 3.34. The van der Waals surface area contributed by atoms with Gasteiger partial charge in [-0.1, -0.05) is 12.1 Å². The van der Waals surface area contributed by atoms with E-state index in [-0.39, 0.29) is 5.91 Å². The van der Waals surface area contributed by atoms with Crippen molar-refractivity contribution >= 4 is 33.3 Å². The quantitative estimate of drug-likeness (QED) is 0.443. The standard InChI is InChI=1S/C22H24N6OS/c1-14-12-15(2)24-22(23-14)28-19(13-16(3)27-28)26-20(29)10-6-7-11-21-25-17-8-4-5-9-18(17)30-21/h4-5,8-9,12-13H,6-7,10-11H2,1-3H3,(H,26,29). The number of aryl methyl sites for hydroxylation is 4. The molecule has 154 valence electrons. The van der Waals surface area contributed by atoms with E-state index in [0.29, 0.717) is 18.2 Å². The van der Waals surface area contributed by atoms with E-state index < -0.39 is 0 Å². The van der Waals surface area contributed by atoms with E-state index in [2.05, 4.69) is 31.4 Å². The van der Waals surface area contributed by atoms with E-state index >= 15 is 0 Å². The van der Waals surface area contributed by atoms with Crippen LogP contribution in [0.3, 0.4) is 0 Å². The monoisotopic (exact) mass is 420 g/mol. The van der Waals surface area contributed by atoms with Gasteiger partial charge < -0.3 is 5.32 Å². The molecular weight excluding hydrogens is 396 g/mol. The summed E-state index contributed by atoms with van der Waals surface area (Å²) in [7, 11) is 0. The minimum Gasteiger partial charge on any atom is -0.310 e. The van der Waals surface area contributed by atoms with Crippen LogP contribution in [0.15, 0.2) is 36.4 Å². The molecule has 7 nitrogen and oxygen atoms in total. The molecular formula is C22H24N6OS. The van der Waals surface area contributed by atoms with E-state index in [1.807, 2.05) is 51.1 Å². The first-order valence-corrected chi connectivity index (χ1v) is 10.8. The Bertz CT molecular complexity index is 1140. The molecule has 4 aromatic rings. The Morgan fingerprint density at radius 2 is 1.77 bits per heavy atom. The average molecular weight is 421 g/mol. The van der Waals surface area contributed by atoms with Crippen molar-refractivity contribution in [3.05, 3.63) is 58.5 Å². The molecule has 0 saturated heterocycles. The van der Waals surface area contributed by atoms with Gasteiger partial charge in [-0.15, -0.1) is 11.3 Å². The Labute approximate surface area is 179 Å². The van der Waals surface area contributed by atoms with Crippen LogP contribution in [0.2, 0.25) is 0 Å². The number of hydrogen-bond acceptors (Lipinski definition) is 6. The van der Waals surface area contributed by atoms with Crippen LogP contribution in [0, 0.1) is 20.8 Å². The lowest BCUT2D eigenvalue weighted by molar-refractivity contribution is -0.116. The van der Waals surface area contributed by atoms with E-state index in [1.54, 1.807) is 16.0 Å². The largest absolute Gasteiger partial charge is 0.310 e. The lowest BCUT2D eigenvalue weighted by Gasteiger charge is -2.08. The first-order valence-electron chi connectivity index (χ1n) is 10.0. The number of thiazole rings is 1. The molecule has 0 aliphatic heterocycles. The van der Waals surface area contributed by atoms with Gasteiger partial charge in [-0.25, -0.2) is 15.0 Å².